The molecule has 2 saturated heterocycles. The highest BCUT2D eigenvalue weighted by Gasteiger charge is 2.25. The predicted octanol–water partition coefficient (Wildman–Crippen LogP) is 0.487. The van der Waals surface area contributed by atoms with Gasteiger partial charge in [-0.25, -0.2) is 4.98 Å². The van der Waals surface area contributed by atoms with Gasteiger partial charge in [-0.15, -0.1) is 0 Å². The number of piperidine rings is 1. The van der Waals surface area contributed by atoms with Crippen LogP contribution in [-0.4, -0.2) is 77.7 Å². The second kappa shape index (κ2) is 7.70. The minimum atomic E-state index is 0.154. The van der Waals surface area contributed by atoms with E-state index in [4.69, 9.17) is 9.47 Å². The number of rotatable bonds is 4. The highest BCUT2D eigenvalue weighted by atomic mass is 16.5. The summed E-state index contributed by atoms with van der Waals surface area (Å²) >= 11 is 0. The van der Waals surface area contributed by atoms with Gasteiger partial charge in [0.15, 0.2) is 0 Å². The monoisotopic (exact) mass is 320 g/mol. The molecular formula is C16H24N4O3. The molecule has 0 radical (unpaired) electrons. The Hall–Kier alpha value is -1.73. The Bertz CT molecular complexity index is 526. The third-order valence-corrected chi connectivity index (χ3v) is 4.28. The number of nitrogens with zero attached hydrogens (tertiary/aromatic N) is 4. The van der Waals surface area contributed by atoms with Gasteiger partial charge in [-0.05, 0) is 19.8 Å². The van der Waals surface area contributed by atoms with Gasteiger partial charge in [-0.2, -0.15) is 0 Å². The molecule has 2 fully saturated rings. The second-order valence-corrected chi connectivity index (χ2v) is 6.09. The zero-order chi connectivity index (χ0) is 16.1. The summed E-state index contributed by atoms with van der Waals surface area (Å²) in [6, 6.07) is 0. The highest BCUT2D eigenvalue weighted by Crippen LogP contribution is 2.17. The number of hydrogen-bond acceptors (Lipinski definition) is 6. The number of carbonyl (C=O) groups excluding carboxylic acids is 1. The summed E-state index contributed by atoms with van der Waals surface area (Å²) in [5.41, 5.74) is 0.857. The van der Waals surface area contributed by atoms with E-state index >= 15 is 0 Å². The number of hydrogen-bond donors (Lipinski definition) is 0. The van der Waals surface area contributed by atoms with Crippen LogP contribution in [0.15, 0.2) is 12.4 Å². The SMILES string of the molecule is Cc1cncc(OC2CCN(CC(=O)N3CCOCC3)CC2)n1. The lowest BCUT2D eigenvalue weighted by Crippen LogP contribution is -2.48. The quantitative estimate of drug-likeness (QED) is 0.804. The summed E-state index contributed by atoms with van der Waals surface area (Å²) in [5.74, 6) is 0.796. The Kier molecular flexibility index (Phi) is 5.40. The van der Waals surface area contributed by atoms with Crippen molar-refractivity contribution in [3.63, 3.8) is 0 Å². The Balaban J connectivity index is 1.42. The molecule has 0 spiro atoms. The van der Waals surface area contributed by atoms with Gasteiger partial charge < -0.3 is 14.4 Å². The van der Waals surface area contributed by atoms with Crippen LogP contribution in [0.25, 0.3) is 0 Å². The molecule has 0 aliphatic carbocycles. The maximum atomic E-state index is 12.3. The van der Waals surface area contributed by atoms with Gasteiger partial charge in [0.25, 0.3) is 0 Å². The first kappa shape index (κ1) is 16.1. The third kappa shape index (κ3) is 4.62. The van der Waals surface area contributed by atoms with E-state index in [9.17, 15) is 4.79 Å². The Morgan fingerprint density at radius 1 is 1.26 bits per heavy atom. The smallest absolute Gasteiger partial charge is 0.236 e. The molecule has 3 heterocycles. The van der Waals surface area contributed by atoms with E-state index < -0.39 is 0 Å². The molecule has 0 atom stereocenters. The molecular weight excluding hydrogens is 296 g/mol. The molecule has 2 aliphatic heterocycles. The fourth-order valence-electron chi connectivity index (χ4n) is 2.96. The van der Waals surface area contributed by atoms with E-state index in [1.54, 1.807) is 12.4 Å². The largest absolute Gasteiger partial charge is 0.473 e. The van der Waals surface area contributed by atoms with E-state index in [1.807, 2.05) is 11.8 Å². The number of ether oxygens (including phenoxy) is 2. The van der Waals surface area contributed by atoms with E-state index in [1.165, 1.54) is 0 Å². The molecule has 1 aromatic heterocycles. The summed E-state index contributed by atoms with van der Waals surface area (Å²) < 4.78 is 11.2. The summed E-state index contributed by atoms with van der Waals surface area (Å²) in [4.78, 5) is 24.8. The number of morpholine rings is 1. The fourth-order valence-corrected chi connectivity index (χ4v) is 2.96. The van der Waals surface area contributed by atoms with Gasteiger partial charge in [-0.1, -0.05) is 0 Å². The van der Waals surface area contributed by atoms with Gasteiger partial charge in [-0.3, -0.25) is 14.7 Å². The minimum absolute atomic E-state index is 0.154. The first-order valence-corrected chi connectivity index (χ1v) is 8.24. The molecule has 0 N–H and O–H groups in total. The van der Waals surface area contributed by atoms with Gasteiger partial charge in [0.2, 0.25) is 11.8 Å². The first-order valence-electron chi connectivity index (χ1n) is 8.24. The zero-order valence-corrected chi connectivity index (χ0v) is 13.6. The normalized spacial score (nSPS) is 20.5. The molecule has 0 bridgehead atoms. The van der Waals surface area contributed by atoms with Crippen LogP contribution in [0.1, 0.15) is 18.5 Å². The van der Waals surface area contributed by atoms with Crippen LogP contribution in [0.4, 0.5) is 0 Å². The Labute approximate surface area is 136 Å². The molecule has 2 aliphatic rings. The van der Waals surface area contributed by atoms with E-state index in [-0.39, 0.29) is 12.0 Å². The van der Waals surface area contributed by atoms with Crippen molar-refractivity contribution in [1.29, 1.82) is 0 Å². The molecule has 23 heavy (non-hydrogen) atoms. The fraction of sp³-hybridized carbons (Fsp3) is 0.688. The highest BCUT2D eigenvalue weighted by molar-refractivity contribution is 5.78. The number of carbonyl (C=O) groups is 1. The maximum absolute atomic E-state index is 12.3. The number of aromatic nitrogens is 2. The molecule has 0 aromatic carbocycles. The lowest BCUT2D eigenvalue weighted by Gasteiger charge is -2.34. The van der Waals surface area contributed by atoms with Crippen LogP contribution in [-0.2, 0) is 9.53 Å². The lowest BCUT2D eigenvalue weighted by atomic mass is 10.1. The van der Waals surface area contributed by atoms with Crippen LogP contribution >= 0.6 is 0 Å². The van der Waals surface area contributed by atoms with Gasteiger partial charge in [0, 0.05) is 32.4 Å². The topological polar surface area (TPSA) is 67.8 Å². The van der Waals surface area contributed by atoms with Gasteiger partial charge >= 0.3 is 0 Å². The van der Waals surface area contributed by atoms with Crippen molar-refractivity contribution >= 4 is 5.91 Å². The average Bonchev–Trinajstić information content (AvgIpc) is 2.57. The molecule has 1 amide bonds. The maximum Gasteiger partial charge on any atom is 0.236 e. The molecule has 0 saturated carbocycles. The average molecular weight is 320 g/mol. The number of aryl methyl sites for hydroxylation is 1. The number of amides is 1. The van der Waals surface area contributed by atoms with Crippen molar-refractivity contribution in [2.24, 2.45) is 0 Å². The van der Waals surface area contributed by atoms with Crippen molar-refractivity contribution in [3.05, 3.63) is 18.1 Å². The molecule has 126 valence electrons. The van der Waals surface area contributed by atoms with Crippen LogP contribution in [0.5, 0.6) is 5.88 Å². The van der Waals surface area contributed by atoms with Crippen LogP contribution in [0.2, 0.25) is 0 Å². The van der Waals surface area contributed by atoms with Crippen LogP contribution in [0.3, 0.4) is 0 Å². The first-order chi connectivity index (χ1) is 11.2. The molecule has 3 rings (SSSR count). The van der Waals surface area contributed by atoms with Gasteiger partial charge in [0.05, 0.1) is 31.6 Å². The molecule has 0 unspecified atom stereocenters. The van der Waals surface area contributed by atoms with E-state index in [0.717, 1.165) is 31.6 Å². The van der Waals surface area contributed by atoms with Crippen molar-refractivity contribution in [1.82, 2.24) is 19.8 Å². The third-order valence-electron chi connectivity index (χ3n) is 4.28. The predicted molar refractivity (Wildman–Crippen MR) is 84.3 cm³/mol. The lowest BCUT2D eigenvalue weighted by molar-refractivity contribution is -0.136. The van der Waals surface area contributed by atoms with E-state index in [0.29, 0.717) is 38.7 Å². The molecule has 7 heteroatoms. The van der Waals surface area contributed by atoms with Crippen molar-refractivity contribution < 1.29 is 14.3 Å². The van der Waals surface area contributed by atoms with E-state index in [2.05, 4.69) is 14.9 Å². The molecule has 7 nitrogen and oxygen atoms in total. The van der Waals surface area contributed by atoms with Crippen molar-refractivity contribution in [2.75, 3.05) is 45.9 Å². The Morgan fingerprint density at radius 2 is 2.00 bits per heavy atom. The Morgan fingerprint density at radius 3 is 2.70 bits per heavy atom. The van der Waals surface area contributed by atoms with Crippen molar-refractivity contribution in [3.8, 4) is 5.88 Å². The van der Waals surface area contributed by atoms with Crippen LogP contribution in [0, 0.1) is 6.92 Å². The van der Waals surface area contributed by atoms with Gasteiger partial charge in [0.1, 0.15) is 6.10 Å². The standard InChI is InChI=1S/C16H24N4O3/c1-13-10-17-11-15(18-13)23-14-2-4-19(5-3-14)12-16(21)20-6-8-22-9-7-20/h10-11,14H,2-9,12H2,1H3. The summed E-state index contributed by atoms with van der Waals surface area (Å²) in [6.07, 6.45) is 5.34. The summed E-state index contributed by atoms with van der Waals surface area (Å²) in [7, 11) is 0. The minimum Gasteiger partial charge on any atom is -0.473 e. The van der Waals surface area contributed by atoms with Crippen molar-refractivity contribution in [2.45, 2.75) is 25.9 Å². The van der Waals surface area contributed by atoms with Crippen LogP contribution < -0.4 is 4.74 Å². The summed E-state index contributed by atoms with van der Waals surface area (Å²) in [5, 5.41) is 0. The summed E-state index contributed by atoms with van der Waals surface area (Å²) in [6.45, 7) is 6.88. The number of likely N-dealkylation sites (tertiary alicyclic amines) is 1. The zero-order valence-electron chi connectivity index (χ0n) is 13.6. The molecule has 1 aromatic rings. The second-order valence-electron chi connectivity index (χ2n) is 6.09.